The fourth-order valence-electron chi connectivity index (χ4n) is 2.28. The van der Waals surface area contributed by atoms with E-state index in [9.17, 15) is 4.79 Å². The number of rotatable bonds is 8. The Morgan fingerprint density at radius 3 is 2.78 bits per heavy atom. The highest BCUT2D eigenvalue weighted by molar-refractivity contribution is 6.30. The summed E-state index contributed by atoms with van der Waals surface area (Å²) in [5.74, 6) is 0.312. The van der Waals surface area contributed by atoms with Gasteiger partial charge in [0.1, 0.15) is 18.1 Å². The van der Waals surface area contributed by atoms with Crippen molar-refractivity contribution in [1.82, 2.24) is 15.0 Å². The van der Waals surface area contributed by atoms with Gasteiger partial charge in [-0.15, -0.1) is 0 Å². The third-order valence-electron chi connectivity index (χ3n) is 3.52. The lowest BCUT2D eigenvalue weighted by Gasteiger charge is -2.11. The van der Waals surface area contributed by atoms with Crippen molar-refractivity contribution in [3.8, 4) is 17.4 Å². The van der Waals surface area contributed by atoms with Crippen LogP contribution in [0.25, 0.3) is 11.5 Å². The van der Waals surface area contributed by atoms with Crippen LogP contribution in [0.3, 0.4) is 0 Å². The van der Waals surface area contributed by atoms with Crippen molar-refractivity contribution in [3.63, 3.8) is 0 Å². The van der Waals surface area contributed by atoms with E-state index >= 15 is 0 Å². The molecule has 0 fully saturated rings. The van der Waals surface area contributed by atoms with E-state index in [2.05, 4.69) is 20.3 Å². The summed E-state index contributed by atoms with van der Waals surface area (Å²) >= 11 is 5.99. The SMILES string of the molecule is O=C(O)CCNc1cc(OCc2cccc(Cl)c2)nc(-c2ccccn2)n1. The number of carboxylic acid groups (broad SMARTS) is 1. The number of aliphatic carboxylic acids is 1. The summed E-state index contributed by atoms with van der Waals surface area (Å²) < 4.78 is 5.78. The van der Waals surface area contributed by atoms with Gasteiger partial charge >= 0.3 is 5.97 Å². The van der Waals surface area contributed by atoms with Gasteiger partial charge in [0.25, 0.3) is 0 Å². The van der Waals surface area contributed by atoms with Gasteiger partial charge in [-0.2, -0.15) is 4.98 Å². The third-order valence-corrected chi connectivity index (χ3v) is 3.75. The van der Waals surface area contributed by atoms with E-state index in [0.29, 0.717) is 28.2 Å². The van der Waals surface area contributed by atoms with E-state index in [4.69, 9.17) is 21.4 Å². The van der Waals surface area contributed by atoms with Crippen molar-refractivity contribution >= 4 is 23.4 Å². The molecule has 3 aromatic rings. The number of hydrogen-bond acceptors (Lipinski definition) is 6. The Hall–Kier alpha value is -3.19. The quantitative estimate of drug-likeness (QED) is 0.611. The molecule has 7 nitrogen and oxygen atoms in total. The average molecular weight is 385 g/mol. The molecule has 1 aromatic carbocycles. The number of nitrogens with zero attached hydrogens (tertiary/aromatic N) is 3. The lowest BCUT2D eigenvalue weighted by molar-refractivity contribution is -0.136. The highest BCUT2D eigenvalue weighted by Crippen LogP contribution is 2.21. The summed E-state index contributed by atoms with van der Waals surface area (Å²) in [5.41, 5.74) is 1.49. The molecule has 8 heteroatoms. The first-order chi connectivity index (χ1) is 13.1. The fourth-order valence-corrected chi connectivity index (χ4v) is 2.49. The van der Waals surface area contributed by atoms with Crippen molar-refractivity contribution in [3.05, 3.63) is 65.3 Å². The highest BCUT2D eigenvalue weighted by Gasteiger charge is 2.10. The van der Waals surface area contributed by atoms with Gasteiger partial charge in [0.05, 0.1) is 6.42 Å². The smallest absolute Gasteiger partial charge is 0.305 e. The van der Waals surface area contributed by atoms with Gasteiger partial charge < -0.3 is 15.2 Å². The van der Waals surface area contributed by atoms with Gasteiger partial charge in [0, 0.05) is 23.8 Å². The van der Waals surface area contributed by atoms with Crippen molar-refractivity contribution in [2.75, 3.05) is 11.9 Å². The molecule has 0 amide bonds. The topological polar surface area (TPSA) is 97.2 Å². The molecule has 0 aliphatic carbocycles. The Kier molecular flexibility index (Phi) is 6.17. The molecule has 2 N–H and O–H groups in total. The summed E-state index contributed by atoms with van der Waals surface area (Å²) in [6.07, 6.45) is 1.62. The van der Waals surface area contributed by atoms with Gasteiger partial charge in [0.15, 0.2) is 5.82 Å². The Balaban J connectivity index is 1.81. The van der Waals surface area contributed by atoms with Crippen LogP contribution in [0.1, 0.15) is 12.0 Å². The molecule has 0 atom stereocenters. The zero-order chi connectivity index (χ0) is 19.1. The minimum atomic E-state index is -0.890. The number of benzene rings is 1. The van der Waals surface area contributed by atoms with E-state index in [-0.39, 0.29) is 19.6 Å². The number of pyridine rings is 1. The number of carboxylic acids is 1. The molecule has 0 saturated carbocycles. The normalized spacial score (nSPS) is 10.4. The largest absolute Gasteiger partial charge is 0.481 e. The van der Waals surface area contributed by atoms with Crippen molar-refractivity contribution < 1.29 is 14.6 Å². The van der Waals surface area contributed by atoms with Crippen LogP contribution in [0, 0.1) is 0 Å². The van der Waals surface area contributed by atoms with Crippen molar-refractivity contribution in [1.29, 1.82) is 0 Å². The van der Waals surface area contributed by atoms with Crippen LogP contribution in [0.5, 0.6) is 5.88 Å². The molecule has 138 valence electrons. The summed E-state index contributed by atoms with van der Waals surface area (Å²) in [6, 6.07) is 14.4. The maximum atomic E-state index is 10.7. The Morgan fingerprint density at radius 1 is 1.15 bits per heavy atom. The second kappa shape index (κ2) is 8.95. The minimum absolute atomic E-state index is 0.0262. The lowest BCUT2D eigenvalue weighted by Crippen LogP contribution is -2.10. The van der Waals surface area contributed by atoms with Crippen LogP contribution in [-0.4, -0.2) is 32.6 Å². The molecule has 0 radical (unpaired) electrons. The maximum absolute atomic E-state index is 10.7. The van der Waals surface area contributed by atoms with E-state index in [0.717, 1.165) is 5.56 Å². The predicted octanol–water partition coefficient (Wildman–Crippen LogP) is 3.66. The number of nitrogens with one attached hydrogen (secondary N) is 1. The van der Waals surface area contributed by atoms with E-state index in [1.54, 1.807) is 30.5 Å². The summed E-state index contributed by atoms with van der Waals surface area (Å²) in [5, 5.41) is 12.4. The van der Waals surface area contributed by atoms with Crippen LogP contribution in [0.4, 0.5) is 5.82 Å². The molecule has 0 spiro atoms. The maximum Gasteiger partial charge on any atom is 0.305 e. The molecular formula is C19H17ClN4O3. The first-order valence-corrected chi connectivity index (χ1v) is 8.61. The number of anilines is 1. The number of ether oxygens (including phenoxy) is 1. The first kappa shape index (κ1) is 18.6. The zero-order valence-corrected chi connectivity index (χ0v) is 15.1. The van der Waals surface area contributed by atoms with E-state index in [1.165, 1.54) is 0 Å². The molecule has 0 aliphatic heterocycles. The molecule has 0 unspecified atom stereocenters. The molecule has 0 bridgehead atoms. The van der Waals surface area contributed by atoms with Crippen LogP contribution in [-0.2, 0) is 11.4 Å². The lowest BCUT2D eigenvalue weighted by atomic mass is 10.2. The molecule has 27 heavy (non-hydrogen) atoms. The molecule has 2 heterocycles. The second-order valence-corrected chi connectivity index (χ2v) is 6.06. The second-order valence-electron chi connectivity index (χ2n) is 5.62. The highest BCUT2D eigenvalue weighted by atomic mass is 35.5. The Bertz CT molecular complexity index is 922. The summed E-state index contributed by atoms with van der Waals surface area (Å²) in [4.78, 5) is 23.8. The average Bonchev–Trinajstić information content (AvgIpc) is 2.67. The molecule has 3 rings (SSSR count). The van der Waals surface area contributed by atoms with Gasteiger partial charge in [-0.05, 0) is 29.8 Å². The monoisotopic (exact) mass is 384 g/mol. The van der Waals surface area contributed by atoms with Crippen LogP contribution >= 0.6 is 11.6 Å². The van der Waals surface area contributed by atoms with E-state index < -0.39 is 5.97 Å². The Morgan fingerprint density at radius 2 is 2.04 bits per heavy atom. The van der Waals surface area contributed by atoms with Crippen LogP contribution in [0.2, 0.25) is 5.02 Å². The van der Waals surface area contributed by atoms with Gasteiger partial charge in [-0.3, -0.25) is 9.78 Å². The number of hydrogen-bond donors (Lipinski definition) is 2. The van der Waals surface area contributed by atoms with Gasteiger partial charge in [0.2, 0.25) is 5.88 Å². The number of carbonyl (C=O) groups is 1. The molecule has 0 aliphatic rings. The first-order valence-electron chi connectivity index (χ1n) is 8.23. The molecule has 0 saturated heterocycles. The van der Waals surface area contributed by atoms with Gasteiger partial charge in [-0.25, -0.2) is 4.98 Å². The third kappa shape index (κ3) is 5.65. The van der Waals surface area contributed by atoms with E-state index in [1.807, 2.05) is 24.3 Å². The fraction of sp³-hybridized carbons (Fsp3) is 0.158. The summed E-state index contributed by atoms with van der Waals surface area (Å²) in [6.45, 7) is 0.523. The molecular weight excluding hydrogens is 368 g/mol. The van der Waals surface area contributed by atoms with Crippen molar-refractivity contribution in [2.24, 2.45) is 0 Å². The van der Waals surface area contributed by atoms with Crippen LogP contribution < -0.4 is 10.1 Å². The molecule has 2 aromatic heterocycles. The van der Waals surface area contributed by atoms with Gasteiger partial charge in [-0.1, -0.05) is 29.8 Å². The van der Waals surface area contributed by atoms with Crippen LogP contribution in [0.15, 0.2) is 54.7 Å². The number of halogens is 1. The summed E-state index contributed by atoms with van der Waals surface area (Å²) in [7, 11) is 0. The zero-order valence-electron chi connectivity index (χ0n) is 14.3. The predicted molar refractivity (Wildman–Crippen MR) is 102 cm³/mol. The standard InChI is InChI=1S/C19H17ClN4O3/c20-14-5-3-4-13(10-14)12-27-17-11-16(22-9-7-18(25)26)23-19(24-17)15-6-1-2-8-21-15/h1-6,8,10-11H,7,9,12H2,(H,25,26)(H,22,23,24). The number of aromatic nitrogens is 3. The Labute approximate surface area is 161 Å². The minimum Gasteiger partial charge on any atom is -0.481 e. The van der Waals surface area contributed by atoms with Crippen molar-refractivity contribution in [2.45, 2.75) is 13.0 Å².